The van der Waals surface area contributed by atoms with E-state index < -0.39 is 10.8 Å². The van der Waals surface area contributed by atoms with Crippen molar-refractivity contribution in [2.75, 3.05) is 5.32 Å². The number of ketones is 1. The summed E-state index contributed by atoms with van der Waals surface area (Å²) in [4.78, 5) is 25.4. The van der Waals surface area contributed by atoms with Gasteiger partial charge in [-0.15, -0.1) is 0 Å². The summed E-state index contributed by atoms with van der Waals surface area (Å²) in [6.45, 7) is 6.05. The average molecular weight is 340 g/mol. The molecule has 2 atom stereocenters. The molecule has 0 radical (unpaired) electrons. The van der Waals surface area contributed by atoms with Crippen LogP contribution in [0.2, 0.25) is 10.0 Å². The molecule has 1 aromatic carbocycles. The molecular formula is C17H19Cl2NO2. The van der Waals surface area contributed by atoms with Crippen LogP contribution in [0.3, 0.4) is 0 Å². The third-order valence-corrected chi connectivity index (χ3v) is 7.16. The Kier molecular flexibility index (Phi) is 3.39. The highest BCUT2D eigenvalue weighted by atomic mass is 35.5. The molecule has 0 aliphatic heterocycles. The molecule has 0 spiro atoms. The fourth-order valence-corrected chi connectivity index (χ4v) is 4.55. The van der Waals surface area contributed by atoms with Gasteiger partial charge < -0.3 is 5.32 Å². The molecule has 5 heteroatoms. The van der Waals surface area contributed by atoms with Gasteiger partial charge in [-0.2, -0.15) is 0 Å². The van der Waals surface area contributed by atoms with Gasteiger partial charge in [0.2, 0.25) is 5.91 Å². The zero-order valence-electron chi connectivity index (χ0n) is 12.9. The summed E-state index contributed by atoms with van der Waals surface area (Å²) in [5.41, 5.74) is -0.948. The summed E-state index contributed by atoms with van der Waals surface area (Å²) in [6.07, 6.45) is 1.79. The number of hydrogen-bond acceptors (Lipinski definition) is 2. The van der Waals surface area contributed by atoms with E-state index in [0.717, 1.165) is 12.8 Å². The van der Waals surface area contributed by atoms with Crippen molar-refractivity contribution in [3.8, 4) is 0 Å². The van der Waals surface area contributed by atoms with Gasteiger partial charge >= 0.3 is 0 Å². The Bertz CT molecular complexity index is 685. The van der Waals surface area contributed by atoms with Crippen LogP contribution < -0.4 is 5.32 Å². The van der Waals surface area contributed by atoms with Crippen molar-refractivity contribution in [2.45, 2.75) is 40.0 Å². The summed E-state index contributed by atoms with van der Waals surface area (Å²) in [5.74, 6) is 0.0623. The van der Waals surface area contributed by atoms with Gasteiger partial charge in [-0.05, 0) is 30.4 Å². The molecule has 2 aliphatic carbocycles. The largest absolute Gasteiger partial charge is 0.324 e. The van der Waals surface area contributed by atoms with E-state index in [1.807, 2.05) is 20.8 Å². The summed E-state index contributed by atoms with van der Waals surface area (Å²) < 4.78 is 0. The fraction of sp³-hybridized carbons (Fsp3) is 0.529. The van der Waals surface area contributed by atoms with Crippen LogP contribution in [0.4, 0.5) is 5.69 Å². The molecule has 0 saturated heterocycles. The van der Waals surface area contributed by atoms with E-state index >= 15 is 0 Å². The predicted octanol–water partition coefficient (Wildman–Crippen LogP) is 4.72. The summed E-state index contributed by atoms with van der Waals surface area (Å²) in [6, 6.07) is 5.14. The highest BCUT2D eigenvalue weighted by Crippen LogP contribution is 2.70. The van der Waals surface area contributed by atoms with Crippen LogP contribution in [0.25, 0.3) is 0 Å². The molecular weight excluding hydrogens is 321 g/mol. The first kappa shape index (κ1) is 15.8. The van der Waals surface area contributed by atoms with Crippen molar-refractivity contribution >= 4 is 40.6 Å². The van der Waals surface area contributed by atoms with Crippen LogP contribution in [0.15, 0.2) is 18.2 Å². The van der Waals surface area contributed by atoms with Gasteiger partial charge in [0.25, 0.3) is 0 Å². The van der Waals surface area contributed by atoms with E-state index in [2.05, 4.69) is 5.32 Å². The van der Waals surface area contributed by atoms with Gasteiger partial charge in [0, 0.05) is 11.8 Å². The predicted molar refractivity (Wildman–Crippen MR) is 88.3 cm³/mol. The van der Waals surface area contributed by atoms with Gasteiger partial charge in [-0.3, -0.25) is 9.59 Å². The van der Waals surface area contributed by atoms with Gasteiger partial charge in [-0.1, -0.05) is 50.0 Å². The van der Waals surface area contributed by atoms with E-state index in [0.29, 0.717) is 22.2 Å². The Labute approximate surface area is 140 Å². The second kappa shape index (κ2) is 4.72. The third kappa shape index (κ3) is 1.75. The lowest BCUT2D eigenvalue weighted by atomic mass is 9.64. The number of fused-ring (bicyclic) bond motifs is 2. The van der Waals surface area contributed by atoms with Crippen LogP contribution in [0.1, 0.15) is 40.0 Å². The molecule has 1 aromatic rings. The first-order valence-corrected chi connectivity index (χ1v) is 8.20. The number of benzene rings is 1. The minimum Gasteiger partial charge on any atom is -0.324 e. The molecule has 1 N–H and O–H groups in total. The number of anilines is 1. The maximum atomic E-state index is 13.0. The minimum atomic E-state index is -0.662. The molecule has 2 saturated carbocycles. The molecule has 2 aliphatic rings. The van der Waals surface area contributed by atoms with Crippen molar-refractivity contribution in [1.29, 1.82) is 0 Å². The highest BCUT2D eigenvalue weighted by Gasteiger charge is 2.72. The van der Waals surface area contributed by atoms with Crippen LogP contribution in [-0.4, -0.2) is 11.7 Å². The summed E-state index contributed by atoms with van der Waals surface area (Å²) >= 11 is 12.2. The number of carbonyl (C=O) groups excluding carboxylic acids is 2. The molecule has 0 heterocycles. The zero-order valence-corrected chi connectivity index (χ0v) is 14.4. The lowest BCUT2D eigenvalue weighted by molar-refractivity contribution is -0.131. The molecule has 3 nitrogen and oxygen atoms in total. The normalized spacial score (nSPS) is 32.3. The number of halogens is 2. The van der Waals surface area contributed by atoms with E-state index in [1.165, 1.54) is 0 Å². The Morgan fingerprint density at radius 1 is 1.18 bits per heavy atom. The van der Waals surface area contributed by atoms with Crippen molar-refractivity contribution in [3.05, 3.63) is 28.2 Å². The van der Waals surface area contributed by atoms with Crippen molar-refractivity contribution in [2.24, 2.45) is 16.2 Å². The number of amides is 1. The summed E-state index contributed by atoms with van der Waals surface area (Å²) in [7, 11) is 0. The van der Waals surface area contributed by atoms with Gasteiger partial charge in [0.05, 0.1) is 21.1 Å². The van der Waals surface area contributed by atoms with Crippen molar-refractivity contribution < 1.29 is 9.59 Å². The third-order valence-electron chi connectivity index (χ3n) is 6.34. The number of rotatable bonds is 2. The lowest BCUT2D eigenvalue weighted by Crippen LogP contribution is -2.43. The lowest BCUT2D eigenvalue weighted by Gasteiger charge is -2.38. The van der Waals surface area contributed by atoms with Crippen LogP contribution in [0.5, 0.6) is 0 Å². The van der Waals surface area contributed by atoms with Crippen molar-refractivity contribution in [1.82, 2.24) is 0 Å². The summed E-state index contributed by atoms with van der Waals surface area (Å²) in [5, 5.41) is 3.63. The number of hydrogen-bond donors (Lipinski definition) is 1. The molecule has 2 fully saturated rings. The second-order valence-electron chi connectivity index (χ2n) is 7.19. The average Bonchev–Trinajstić information content (AvgIpc) is 2.74. The molecule has 2 bridgehead atoms. The van der Waals surface area contributed by atoms with Crippen LogP contribution >= 0.6 is 23.2 Å². The first-order chi connectivity index (χ1) is 10.2. The SMILES string of the molecule is CC1(C)[C@]2(C(=O)Nc3cccc(Cl)c3Cl)CC[C@@]1(C)C(=O)C2. The van der Waals surface area contributed by atoms with Gasteiger partial charge in [-0.25, -0.2) is 0 Å². The van der Waals surface area contributed by atoms with E-state index in [4.69, 9.17) is 23.2 Å². The number of nitrogens with one attached hydrogen (secondary N) is 1. The monoisotopic (exact) mass is 339 g/mol. The fourth-order valence-electron chi connectivity index (χ4n) is 4.20. The van der Waals surface area contributed by atoms with Crippen LogP contribution in [-0.2, 0) is 9.59 Å². The Balaban J connectivity index is 1.96. The van der Waals surface area contributed by atoms with E-state index in [1.54, 1.807) is 18.2 Å². The maximum absolute atomic E-state index is 13.0. The number of carbonyl (C=O) groups is 2. The first-order valence-electron chi connectivity index (χ1n) is 7.44. The quantitative estimate of drug-likeness (QED) is 0.847. The maximum Gasteiger partial charge on any atom is 0.231 e. The molecule has 118 valence electrons. The standard InChI is InChI=1S/C17H19Cl2NO2/c1-15(2)16(3)7-8-17(15,9-12(16)21)14(22)20-11-6-4-5-10(18)13(11)19/h4-6H,7-9H2,1-3H3,(H,20,22)/t16-,17+/m0/s1. The van der Waals surface area contributed by atoms with E-state index in [-0.39, 0.29) is 17.1 Å². The van der Waals surface area contributed by atoms with E-state index in [9.17, 15) is 9.59 Å². The Morgan fingerprint density at radius 2 is 1.86 bits per heavy atom. The molecule has 3 rings (SSSR count). The van der Waals surface area contributed by atoms with Crippen molar-refractivity contribution in [3.63, 3.8) is 0 Å². The Morgan fingerprint density at radius 3 is 2.41 bits per heavy atom. The topological polar surface area (TPSA) is 46.2 Å². The van der Waals surface area contributed by atoms with Gasteiger partial charge in [0.15, 0.2) is 0 Å². The Hall–Kier alpha value is -1.06. The zero-order chi connectivity index (χ0) is 16.3. The minimum absolute atomic E-state index is 0.128. The molecule has 0 aromatic heterocycles. The molecule has 0 unspecified atom stereocenters. The smallest absolute Gasteiger partial charge is 0.231 e. The van der Waals surface area contributed by atoms with Crippen LogP contribution in [0, 0.1) is 16.2 Å². The molecule has 22 heavy (non-hydrogen) atoms. The second-order valence-corrected chi connectivity index (χ2v) is 7.98. The van der Waals surface area contributed by atoms with Gasteiger partial charge in [0.1, 0.15) is 5.78 Å². The number of Topliss-reactive ketones (excluding diaryl/α,β-unsaturated/α-hetero) is 1. The highest BCUT2D eigenvalue weighted by molar-refractivity contribution is 6.44. The molecule has 1 amide bonds.